The lowest BCUT2D eigenvalue weighted by Gasteiger charge is -2.21. The van der Waals surface area contributed by atoms with E-state index in [2.05, 4.69) is 34.6 Å². The van der Waals surface area contributed by atoms with Crippen LogP contribution >= 0.6 is 15.6 Å². The van der Waals surface area contributed by atoms with Crippen LogP contribution in [0.25, 0.3) is 0 Å². The largest absolute Gasteiger partial charge is 0.472 e. The molecule has 3 N–H and O–H groups in total. The normalized spacial score (nSPS) is 14.3. The summed E-state index contributed by atoms with van der Waals surface area (Å²) < 4.78 is 67.6. The van der Waals surface area contributed by atoms with Crippen LogP contribution in [0.1, 0.15) is 311 Å². The zero-order valence-corrected chi connectivity index (χ0v) is 53.7. The molecule has 0 aromatic heterocycles. The lowest BCUT2D eigenvalue weighted by Crippen LogP contribution is -2.30. The van der Waals surface area contributed by atoms with Crippen molar-refractivity contribution in [3.8, 4) is 0 Å². The molecule has 0 saturated carbocycles. The summed E-state index contributed by atoms with van der Waals surface area (Å²) in [6.07, 6.45) is 39.6. The fraction of sp³-hybridized carbons (Fsp3) is 0.935. The first kappa shape index (κ1) is 79.1. The van der Waals surface area contributed by atoms with Crippen LogP contribution < -0.4 is 0 Å². The number of aliphatic hydroxyl groups is 1. The van der Waals surface area contributed by atoms with E-state index in [0.717, 1.165) is 109 Å². The maximum absolute atomic E-state index is 13.0. The molecule has 0 amide bonds. The highest BCUT2D eigenvalue weighted by Gasteiger charge is 2.30. The zero-order chi connectivity index (χ0) is 59.9. The molecular formula is C62H120O17P2. The predicted molar refractivity (Wildman–Crippen MR) is 322 cm³/mol. The summed E-state index contributed by atoms with van der Waals surface area (Å²) in [7, 11) is -9.87. The van der Waals surface area contributed by atoms with E-state index < -0.39 is 97.5 Å². The van der Waals surface area contributed by atoms with E-state index in [-0.39, 0.29) is 25.7 Å². The minimum Gasteiger partial charge on any atom is -0.462 e. The van der Waals surface area contributed by atoms with Crippen LogP contribution in [0.4, 0.5) is 0 Å². The second kappa shape index (κ2) is 55.9. The molecule has 0 bridgehead atoms. The van der Waals surface area contributed by atoms with Gasteiger partial charge in [0.15, 0.2) is 12.2 Å². The second-order valence-electron chi connectivity index (χ2n) is 22.9. The molecule has 17 nitrogen and oxygen atoms in total. The average molecular weight is 1200 g/mol. The van der Waals surface area contributed by atoms with Crippen molar-refractivity contribution in [2.75, 3.05) is 39.6 Å². The smallest absolute Gasteiger partial charge is 0.462 e. The SMILES string of the molecule is CCCCCCCCCCCCCCCCCCCCC(=O)O[C@H](COC(=O)CCCCCCCCCC(C)C)COP(=O)(O)OC[C@@H](O)COP(=O)(O)OC[C@@H](COC(=O)CCCCCCC)OC(=O)CCCCCCCCCC. The predicted octanol–water partition coefficient (Wildman–Crippen LogP) is 17.0. The molecule has 0 aliphatic rings. The minimum absolute atomic E-state index is 0.104. The summed E-state index contributed by atoms with van der Waals surface area (Å²) in [6, 6.07) is 0. The van der Waals surface area contributed by atoms with Gasteiger partial charge in [-0.3, -0.25) is 37.3 Å². The van der Waals surface area contributed by atoms with Crippen LogP contribution in [-0.4, -0.2) is 96.7 Å². The quantitative estimate of drug-likeness (QED) is 0.0222. The summed E-state index contributed by atoms with van der Waals surface area (Å²) in [6.45, 7) is 7.01. The van der Waals surface area contributed by atoms with E-state index in [1.54, 1.807) is 0 Å². The summed E-state index contributed by atoms with van der Waals surface area (Å²) in [5, 5.41) is 10.5. The van der Waals surface area contributed by atoms with Gasteiger partial charge in [0.1, 0.15) is 19.3 Å². The Hall–Kier alpha value is -1.94. The number of rotatable bonds is 62. The van der Waals surface area contributed by atoms with E-state index >= 15 is 0 Å². The summed E-state index contributed by atoms with van der Waals surface area (Å²) in [5.74, 6) is -1.44. The maximum Gasteiger partial charge on any atom is 0.472 e. The molecule has 81 heavy (non-hydrogen) atoms. The highest BCUT2D eigenvalue weighted by Crippen LogP contribution is 2.45. The number of esters is 4. The van der Waals surface area contributed by atoms with Crippen LogP contribution in [0, 0.1) is 5.92 Å². The minimum atomic E-state index is -4.94. The summed E-state index contributed by atoms with van der Waals surface area (Å²) in [5.41, 5.74) is 0. The standard InChI is InChI=1S/C62H120O17P2/c1-6-9-12-15-17-19-20-21-22-23-24-25-26-27-28-32-38-43-48-62(67)79-58(52-73-60(65)46-41-36-33-29-30-35-39-44-55(4)5)54-77-81(70,71)75-50-56(63)49-74-80(68,69)76-53-57(51-72-59(64)45-40-34-14-11-8-3)78-61(66)47-42-37-31-18-16-13-10-7-2/h55-58,63H,6-54H2,1-5H3,(H,68,69)(H,70,71)/t56-,57+,58+/m0/s1. The molecule has 0 radical (unpaired) electrons. The van der Waals surface area contributed by atoms with Crippen molar-refractivity contribution in [2.24, 2.45) is 5.92 Å². The van der Waals surface area contributed by atoms with Gasteiger partial charge in [-0.15, -0.1) is 0 Å². The van der Waals surface area contributed by atoms with Crippen molar-refractivity contribution in [3.63, 3.8) is 0 Å². The molecule has 0 aromatic rings. The van der Waals surface area contributed by atoms with Gasteiger partial charge in [0.2, 0.25) is 0 Å². The van der Waals surface area contributed by atoms with Crippen LogP contribution in [0.5, 0.6) is 0 Å². The highest BCUT2D eigenvalue weighted by atomic mass is 31.2. The van der Waals surface area contributed by atoms with Crippen molar-refractivity contribution in [2.45, 2.75) is 329 Å². The van der Waals surface area contributed by atoms with Crippen molar-refractivity contribution >= 4 is 39.5 Å². The second-order valence-corrected chi connectivity index (χ2v) is 25.8. The third kappa shape index (κ3) is 56.9. The number of ether oxygens (including phenoxy) is 4. The lowest BCUT2D eigenvalue weighted by atomic mass is 10.0. The Morgan fingerprint density at radius 3 is 0.840 bits per heavy atom. The number of carbonyl (C=O) groups excluding carboxylic acids is 4. The molecule has 5 atom stereocenters. The van der Waals surface area contributed by atoms with Gasteiger partial charge in [0, 0.05) is 25.7 Å². The molecule has 0 aromatic carbocycles. The van der Waals surface area contributed by atoms with Crippen molar-refractivity contribution < 1.29 is 80.2 Å². The number of phosphoric acid groups is 2. The number of hydrogen-bond donors (Lipinski definition) is 3. The summed E-state index contributed by atoms with van der Waals surface area (Å²) >= 11 is 0. The van der Waals surface area contributed by atoms with Crippen molar-refractivity contribution in [3.05, 3.63) is 0 Å². The summed E-state index contributed by atoms with van der Waals surface area (Å²) in [4.78, 5) is 71.7. The Labute approximate surface area is 492 Å². The van der Waals surface area contributed by atoms with Gasteiger partial charge in [-0.1, -0.05) is 259 Å². The molecule has 0 heterocycles. The molecule has 0 aliphatic heterocycles. The van der Waals surface area contributed by atoms with Gasteiger partial charge >= 0.3 is 39.5 Å². The van der Waals surface area contributed by atoms with Crippen LogP contribution in [-0.2, 0) is 65.4 Å². The Morgan fingerprint density at radius 2 is 0.568 bits per heavy atom. The molecule has 0 fully saturated rings. The van der Waals surface area contributed by atoms with Crippen molar-refractivity contribution in [1.29, 1.82) is 0 Å². The Morgan fingerprint density at radius 1 is 0.333 bits per heavy atom. The number of phosphoric ester groups is 2. The average Bonchev–Trinajstić information content (AvgIpc) is 3.43. The fourth-order valence-electron chi connectivity index (χ4n) is 9.23. The molecule has 0 spiro atoms. The number of hydrogen-bond acceptors (Lipinski definition) is 15. The van der Waals surface area contributed by atoms with Crippen LogP contribution in [0.2, 0.25) is 0 Å². The van der Waals surface area contributed by atoms with Gasteiger partial charge in [0.05, 0.1) is 26.4 Å². The third-order valence-corrected chi connectivity index (χ3v) is 16.2. The number of carbonyl (C=O) groups is 4. The highest BCUT2D eigenvalue weighted by molar-refractivity contribution is 7.47. The molecule has 0 rings (SSSR count). The van der Waals surface area contributed by atoms with Crippen LogP contribution in [0.3, 0.4) is 0 Å². The molecular weight excluding hydrogens is 1080 g/mol. The Balaban J connectivity index is 5.11. The monoisotopic (exact) mass is 1200 g/mol. The fourth-order valence-corrected chi connectivity index (χ4v) is 10.8. The maximum atomic E-state index is 13.0. The van der Waals surface area contributed by atoms with E-state index in [1.807, 2.05) is 0 Å². The van der Waals surface area contributed by atoms with Crippen LogP contribution in [0.15, 0.2) is 0 Å². The third-order valence-electron chi connectivity index (χ3n) is 14.3. The number of unbranched alkanes of at least 4 members (excludes halogenated alkanes) is 34. The van der Waals surface area contributed by atoms with Gasteiger partial charge < -0.3 is 33.8 Å². The first-order chi connectivity index (χ1) is 39.0. The van der Waals surface area contributed by atoms with E-state index in [9.17, 15) is 43.2 Å². The number of aliphatic hydroxyl groups excluding tert-OH is 1. The molecule has 0 aliphatic carbocycles. The zero-order valence-electron chi connectivity index (χ0n) is 51.9. The van der Waals surface area contributed by atoms with Gasteiger partial charge in [-0.2, -0.15) is 0 Å². The van der Waals surface area contributed by atoms with Gasteiger partial charge in [-0.25, -0.2) is 9.13 Å². The molecule has 480 valence electrons. The van der Waals surface area contributed by atoms with E-state index in [4.69, 9.17) is 37.0 Å². The molecule has 0 saturated heterocycles. The Kier molecular flexibility index (Phi) is 54.6. The molecule has 19 heteroatoms. The van der Waals surface area contributed by atoms with Gasteiger partial charge in [0.25, 0.3) is 0 Å². The van der Waals surface area contributed by atoms with Gasteiger partial charge in [-0.05, 0) is 31.6 Å². The van der Waals surface area contributed by atoms with E-state index in [0.29, 0.717) is 31.6 Å². The topological polar surface area (TPSA) is 237 Å². The lowest BCUT2D eigenvalue weighted by molar-refractivity contribution is -0.161. The van der Waals surface area contributed by atoms with Crippen molar-refractivity contribution in [1.82, 2.24) is 0 Å². The first-order valence-corrected chi connectivity index (χ1v) is 35.6. The molecule has 2 unspecified atom stereocenters. The Bertz CT molecular complexity index is 1580. The van der Waals surface area contributed by atoms with E-state index in [1.165, 1.54) is 116 Å². The first-order valence-electron chi connectivity index (χ1n) is 32.6.